The molecule has 0 bridgehead atoms. The molecule has 2 heteroatoms. The predicted molar refractivity (Wildman–Crippen MR) is 59.9 cm³/mol. The fourth-order valence-electron chi connectivity index (χ4n) is 1.12. The molecule has 1 unspecified atom stereocenters. The number of benzene rings is 1. The van der Waals surface area contributed by atoms with Gasteiger partial charge in [-0.15, -0.1) is 0 Å². The monoisotopic (exact) mass is 192 g/mol. The highest BCUT2D eigenvalue weighted by molar-refractivity contribution is 6.66. The van der Waals surface area contributed by atoms with Crippen molar-refractivity contribution >= 4 is 14.2 Å². The standard InChI is InChI=1S/C11H16OSi/c1-3-4-10-12-13(2)11-8-6-5-7-9-11/h3-9,13H,10H2,1-2H3. The minimum Gasteiger partial charge on any atom is -0.412 e. The minimum absolute atomic E-state index is 0.749. The smallest absolute Gasteiger partial charge is 0.205 e. The van der Waals surface area contributed by atoms with Gasteiger partial charge in [-0.2, -0.15) is 0 Å². The molecule has 0 aliphatic rings. The van der Waals surface area contributed by atoms with Crippen molar-refractivity contribution in [1.82, 2.24) is 0 Å². The molecule has 0 saturated heterocycles. The summed E-state index contributed by atoms with van der Waals surface area (Å²) in [6, 6.07) is 10.5. The lowest BCUT2D eigenvalue weighted by atomic mass is 10.4. The Balaban J connectivity index is 2.44. The van der Waals surface area contributed by atoms with Gasteiger partial charge in [-0.1, -0.05) is 42.5 Å². The van der Waals surface area contributed by atoms with Crippen molar-refractivity contribution in [3.05, 3.63) is 42.5 Å². The van der Waals surface area contributed by atoms with Gasteiger partial charge in [0.05, 0.1) is 6.61 Å². The van der Waals surface area contributed by atoms with Crippen LogP contribution in [-0.2, 0) is 4.43 Å². The Morgan fingerprint density at radius 2 is 2.00 bits per heavy atom. The summed E-state index contributed by atoms with van der Waals surface area (Å²) in [6.45, 7) is 4.97. The maximum atomic E-state index is 5.72. The fourth-order valence-corrected chi connectivity index (χ4v) is 2.47. The van der Waals surface area contributed by atoms with Crippen LogP contribution in [0.2, 0.25) is 6.55 Å². The Bertz CT molecular complexity index is 256. The van der Waals surface area contributed by atoms with E-state index in [0.29, 0.717) is 0 Å². The fraction of sp³-hybridized carbons (Fsp3) is 0.273. The molecule has 0 aromatic heterocycles. The van der Waals surface area contributed by atoms with Gasteiger partial charge < -0.3 is 4.43 Å². The lowest BCUT2D eigenvalue weighted by Crippen LogP contribution is -2.29. The van der Waals surface area contributed by atoms with Crippen LogP contribution in [0.3, 0.4) is 0 Å². The molecule has 13 heavy (non-hydrogen) atoms. The Morgan fingerprint density at radius 3 is 2.62 bits per heavy atom. The van der Waals surface area contributed by atoms with Gasteiger partial charge in [-0.05, 0) is 18.7 Å². The lowest BCUT2D eigenvalue weighted by Gasteiger charge is -2.09. The van der Waals surface area contributed by atoms with Crippen molar-refractivity contribution in [3.8, 4) is 0 Å². The van der Waals surface area contributed by atoms with E-state index in [0.717, 1.165) is 6.61 Å². The molecule has 1 atom stereocenters. The van der Waals surface area contributed by atoms with Crippen LogP contribution in [0.25, 0.3) is 0 Å². The molecule has 0 aliphatic carbocycles. The number of hydrogen-bond donors (Lipinski definition) is 0. The van der Waals surface area contributed by atoms with Gasteiger partial charge in [-0.3, -0.25) is 0 Å². The summed E-state index contributed by atoms with van der Waals surface area (Å²) in [5, 5.41) is 1.37. The quantitative estimate of drug-likeness (QED) is 0.522. The van der Waals surface area contributed by atoms with Gasteiger partial charge in [0.1, 0.15) is 0 Å². The molecule has 70 valence electrons. The zero-order valence-electron chi connectivity index (χ0n) is 8.23. The molecule has 0 saturated carbocycles. The van der Waals surface area contributed by atoms with Gasteiger partial charge >= 0.3 is 0 Å². The summed E-state index contributed by atoms with van der Waals surface area (Å²) in [5.41, 5.74) is 0. The summed E-state index contributed by atoms with van der Waals surface area (Å²) in [4.78, 5) is 0. The summed E-state index contributed by atoms with van der Waals surface area (Å²) in [7, 11) is -1.14. The molecule has 0 spiro atoms. The molecule has 0 amide bonds. The van der Waals surface area contributed by atoms with E-state index in [2.05, 4.69) is 30.8 Å². The summed E-state index contributed by atoms with van der Waals surface area (Å²) >= 11 is 0. The van der Waals surface area contributed by atoms with Crippen molar-refractivity contribution < 1.29 is 4.43 Å². The van der Waals surface area contributed by atoms with Crippen molar-refractivity contribution in [2.45, 2.75) is 13.5 Å². The van der Waals surface area contributed by atoms with Crippen LogP contribution in [-0.4, -0.2) is 15.6 Å². The van der Waals surface area contributed by atoms with Gasteiger partial charge in [0.25, 0.3) is 0 Å². The highest BCUT2D eigenvalue weighted by atomic mass is 28.3. The third kappa shape index (κ3) is 3.57. The van der Waals surface area contributed by atoms with E-state index < -0.39 is 9.04 Å². The Morgan fingerprint density at radius 1 is 1.31 bits per heavy atom. The van der Waals surface area contributed by atoms with E-state index in [1.54, 1.807) is 0 Å². The van der Waals surface area contributed by atoms with E-state index in [4.69, 9.17) is 4.43 Å². The second kappa shape index (κ2) is 5.73. The highest BCUT2D eigenvalue weighted by Crippen LogP contribution is 1.90. The van der Waals surface area contributed by atoms with E-state index in [1.807, 2.05) is 25.1 Å². The first-order chi connectivity index (χ1) is 6.34. The zero-order valence-corrected chi connectivity index (χ0v) is 9.39. The SMILES string of the molecule is CC=CCO[SiH](C)c1ccccc1. The van der Waals surface area contributed by atoms with Crippen molar-refractivity contribution in [2.24, 2.45) is 0 Å². The van der Waals surface area contributed by atoms with Crippen LogP contribution >= 0.6 is 0 Å². The maximum absolute atomic E-state index is 5.72. The summed E-state index contributed by atoms with van der Waals surface area (Å²) in [6.07, 6.45) is 4.07. The average molecular weight is 192 g/mol. The second-order valence-corrected chi connectivity index (χ2v) is 5.24. The van der Waals surface area contributed by atoms with Crippen LogP contribution < -0.4 is 5.19 Å². The molecule has 0 N–H and O–H groups in total. The Kier molecular flexibility index (Phi) is 4.50. The predicted octanol–water partition coefficient (Wildman–Crippen LogP) is 1.84. The minimum atomic E-state index is -1.14. The first-order valence-corrected chi connectivity index (χ1v) is 6.82. The van der Waals surface area contributed by atoms with Crippen LogP contribution in [0.4, 0.5) is 0 Å². The third-order valence-corrected chi connectivity index (χ3v) is 3.96. The number of allylic oxidation sites excluding steroid dienone is 1. The Hall–Kier alpha value is -0.863. The Labute approximate surface area is 81.8 Å². The molecule has 0 fully saturated rings. The van der Waals surface area contributed by atoms with Crippen LogP contribution in [0.15, 0.2) is 42.5 Å². The molecule has 1 rings (SSSR count). The normalized spacial score (nSPS) is 13.4. The molecular formula is C11H16OSi. The first kappa shape index (κ1) is 10.2. The molecule has 0 heterocycles. The highest BCUT2D eigenvalue weighted by Gasteiger charge is 2.05. The van der Waals surface area contributed by atoms with E-state index in [-0.39, 0.29) is 0 Å². The van der Waals surface area contributed by atoms with E-state index >= 15 is 0 Å². The summed E-state index contributed by atoms with van der Waals surface area (Å²) < 4.78 is 5.72. The van der Waals surface area contributed by atoms with Gasteiger partial charge in [-0.25, -0.2) is 0 Å². The molecule has 1 nitrogen and oxygen atoms in total. The molecule has 0 aliphatic heterocycles. The topological polar surface area (TPSA) is 9.23 Å². The summed E-state index contributed by atoms with van der Waals surface area (Å²) in [5.74, 6) is 0. The average Bonchev–Trinajstić information content (AvgIpc) is 2.19. The van der Waals surface area contributed by atoms with Crippen molar-refractivity contribution in [1.29, 1.82) is 0 Å². The van der Waals surface area contributed by atoms with Crippen LogP contribution in [0, 0.1) is 0 Å². The zero-order chi connectivity index (χ0) is 9.52. The third-order valence-electron chi connectivity index (χ3n) is 1.95. The largest absolute Gasteiger partial charge is 0.412 e. The van der Waals surface area contributed by atoms with Crippen molar-refractivity contribution in [3.63, 3.8) is 0 Å². The molecule has 1 aromatic carbocycles. The first-order valence-electron chi connectivity index (χ1n) is 4.62. The van der Waals surface area contributed by atoms with Crippen LogP contribution in [0.5, 0.6) is 0 Å². The molecular weight excluding hydrogens is 176 g/mol. The number of rotatable bonds is 4. The van der Waals surface area contributed by atoms with E-state index in [1.165, 1.54) is 5.19 Å². The maximum Gasteiger partial charge on any atom is 0.205 e. The lowest BCUT2D eigenvalue weighted by molar-refractivity contribution is 0.378. The van der Waals surface area contributed by atoms with Crippen LogP contribution in [0.1, 0.15) is 6.92 Å². The van der Waals surface area contributed by atoms with Gasteiger partial charge in [0, 0.05) is 0 Å². The number of hydrogen-bond acceptors (Lipinski definition) is 1. The molecule has 0 radical (unpaired) electrons. The molecule has 1 aromatic rings. The van der Waals surface area contributed by atoms with Gasteiger partial charge in [0.2, 0.25) is 9.04 Å². The van der Waals surface area contributed by atoms with Crippen molar-refractivity contribution in [2.75, 3.05) is 6.61 Å². The second-order valence-electron chi connectivity index (χ2n) is 2.96. The van der Waals surface area contributed by atoms with E-state index in [9.17, 15) is 0 Å². The van der Waals surface area contributed by atoms with Gasteiger partial charge in [0.15, 0.2) is 0 Å².